The van der Waals surface area contributed by atoms with E-state index in [1.54, 1.807) is 34.2 Å². The molecule has 2 saturated heterocycles. The molecule has 2 aliphatic heterocycles. The van der Waals surface area contributed by atoms with E-state index in [-0.39, 0.29) is 12.2 Å². The molecule has 2 fully saturated rings. The molecule has 0 saturated carbocycles. The summed E-state index contributed by atoms with van der Waals surface area (Å²) in [4.78, 5) is 14.7. The first-order chi connectivity index (χ1) is 11.7. The molecule has 2 aromatic rings. The second kappa shape index (κ2) is 5.82. The lowest BCUT2D eigenvalue weighted by Gasteiger charge is -2.28. The van der Waals surface area contributed by atoms with Gasteiger partial charge < -0.3 is 0 Å². The average Bonchev–Trinajstić information content (AvgIpc) is 3.18. The van der Waals surface area contributed by atoms with Crippen molar-refractivity contribution in [3.05, 3.63) is 64.7 Å². The molecule has 1 unspecified atom stereocenters. The fourth-order valence-corrected chi connectivity index (χ4v) is 3.48. The summed E-state index contributed by atoms with van der Waals surface area (Å²) < 4.78 is 0. The third-order valence-corrected chi connectivity index (χ3v) is 4.72. The Bertz CT molecular complexity index is 812. The van der Waals surface area contributed by atoms with Gasteiger partial charge in [0, 0.05) is 23.8 Å². The highest BCUT2D eigenvalue weighted by Gasteiger charge is 2.47. The summed E-state index contributed by atoms with van der Waals surface area (Å²) in [6, 6.07) is 16.8. The summed E-state index contributed by atoms with van der Waals surface area (Å²) in [5, 5.41) is 13.5. The summed E-state index contributed by atoms with van der Waals surface area (Å²) >= 11 is 5.98. The van der Waals surface area contributed by atoms with Crippen molar-refractivity contribution in [3.8, 4) is 6.07 Å². The summed E-state index contributed by atoms with van der Waals surface area (Å²) in [6.07, 6.45) is 0.765. The molecule has 2 aliphatic rings. The fourth-order valence-electron chi connectivity index (χ4n) is 3.36. The number of carbonyl (C=O) groups excluding carboxylic acids is 1. The van der Waals surface area contributed by atoms with Gasteiger partial charge in [-0.25, -0.2) is 4.79 Å². The molecule has 120 valence electrons. The Hall–Kier alpha value is -2.55. The van der Waals surface area contributed by atoms with E-state index in [1.165, 1.54) is 0 Å². The van der Waals surface area contributed by atoms with Crippen LogP contribution in [0.4, 0.5) is 10.5 Å². The van der Waals surface area contributed by atoms with E-state index >= 15 is 0 Å². The van der Waals surface area contributed by atoms with Gasteiger partial charge in [-0.05, 0) is 48.4 Å². The number of benzene rings is 2. The van der Waals surface area contributed by atoms with Crippen molar-refractivity contribution in [1.82, 2.24) is 10.0 Å². The predicted molar refractivity (Wildman–Crippen MR) is 91.3 cm³/mol. The van der Waals surface area contributed by atoms with Crippen LogP contribution >= 0.6 is 11.6 Å². The van der Waals surface area contributed by atoms with Gasteiger partial charge in [-0.15, -0.1) is 0 Å². The summed E-state index contributed by atoms with van der Waals surface area (Å²) in [5.74, 6) is 0. The van der Waals surface area contributed by atoms with E-state index in [0.717, 1.165) is 30.8 Å². The van der Waals surface area contributed by atoms with E-state index in [4.69, 9.17) is 16.9 Å². The fraction of sp³-hybridized carbons (Fsp3) is 0.222. The second-order valence-electron chi connectivity index (χ2n) is 5.88. The molecule has 2 aromatic carbocycles. The molecular weight excluding hydrogens is 324 g/mol. The molecule has 0 aromatic heterocycles. The zero-order chi connectivity index (χ0) is 16.7. The highest BCUT2D eigenvalue weighted by atomic mass is 35.5. The minimum Gasteiger partial charge on any atom is -0.271 e. The molecule has 5 nitrogen and oxygen atoms in total. The van der Waals surface area contributed by atoms with Gasteiger partial charge in [0.05, 0.1) is 11.6 Å². The molecule has 0 bridgehead atoms. The third kappa shape index (κ3) is 2.32. The third-order valence-electron chi connectivity index (χ3n) is 4.46. The van der Waals surface area contributed by atoms with Gasteiger partial charge in [0.1, 0.15) is 6.17 Å². The van der Waals surface area contributed by atoms with Crippen molar-refractivity contribution in [2.45, 2.75) is 12.6 Å². The van der Waals surface area contributed by atoms with Crippen LogP contribution in [0.15, 0.2) is 48.5 Å². The summed E-state index contributed by atoms with van der Waals surface area (Å²) in [7, 11) is 0. The average molecular weight is 339 g/mol. The van der Waals surface area contributed by atoms with Gasteiger partial charge >= 0.3 is 6.03 Å². The summed E-state index contributed by atoms with van der Waals surface area (Å²) in [6.45, 7) is 1.57. The lowest BCUT2D eigenvalue weighted by Crippen LogP contribution is -2.32. The molecule has 0 aliphatic carbocycles. The minimum atomic E-state index is -0.200. The van der Waals surface area contributed by atoms with Crippen molar-refractivity contribution < 1.29 is 4.79 Å². The lowest BCUT2D eigenvalue weighted by atomic mass is 10.1. The molecule has 24 heavy (non-hydrogen) atoms. The van der Waals surface area contributed by atoms with Crippen molar-refractivity contribution in [1.29, 1.82) is 5.26 Å². The number of urea groups is 1. The van der Waals surface area contributed by atoms with E-state index < -0.39 is 0 Å². The van der Waals surface area contributed by atoms with Crippen LogP contribution < -0.4 is 4.90 Å². The first kappa shape index (κ1) is 15.0. The van der Waals surface area contributed by atoms with Crippen LogP contribution in [-0.2, 0) is 0 Å². The lowest BCUT2D eigenvalue weighted by molar-refractivity contribution is 0.0728. The number of anilines is 1. The number of amides is 2. The molecule has 2 heterocycles. The molecule has 6 heteroatoms. The van der Waals surface area contributed by atoms with Crippen molar-refractivity contribution >= 4 is 23.3 Å². The van der Waals surface area contributed by atoms with Crippen molar-refractivity contribution in [3.63, 3.8) is 0 Å². The van der Waals surface area contributed by atoms with E-state index in [1.807, 2.05) is 24.3 Å². The summed E-state index contributed by atoms with van der Waals surface area (Å²) in [5.41, 5.74) is 2.41. The maximum atomic E-state index is 12.9. The van der Waals surface area contributed by atoms with Crippen LogP contribution in [0.3, 0.4) is 0 Å². The monoisotopic (exact) mass is 338 g/mol. The predicted octanol–water partition coefficient (Wildman–Crippen LogP) is 3.77. The molecular formula is C18H15ClN4O. The number of hydrazine groups is 1. The molecule has 0 radical (unpaired) electrons. The highest BCUT2D eigenvalue weighted by molar-refractivity contribution is 6.30. The molecule has 4 rings (SSSR count). The molecule has 0 spiro atoms. The maximum absolute atomic E-state index is 12.9. The first-order valence-electron chi connectivity index (χ1n) is 7.82. The Labute approximate surface area is 145 Å². The number of nitriles is 1. The van der Waals surface area contributed by atoms with Crippen LogP contribution in [0, 0.1) is 11.3 Å². The van der Waals surface area contributed by atoms with Gasteiger partial charge in [-0.3, -0.25) is 9.91 Å². The minimum absolute atomic E-state index is 0.0239. The number of nitrogens with zero attached hydrogens (tertiary/aromatic N) is 4. The highest BCUT2D eigenvalue weighted by Crippen LogP contribution is 2.40. The number of halogens is 1. The van der Waals surface area contributed by atoms with Gasteiger partial charge in [0.2, 0.25) is 0 Å². The number of hydrogen-bond donors (Lipinski definition) is 0. The van der Waals surface area contributed by atoms with E-state index in [9.17, 15) is 4.79 Å². The number of rotatable bonds is 2. The standard InChI is InChI=1S/C18H15ClN4O/c19-15-6-8-16(9-7-15)23-17(14-4-2-13(12-20)3-5-14)21-10-1-11-22(21)18(23)24/h2-9,17H,1,10-11H2. The van der Waals surface area contributed by atoms with Crippen LogP contribution in [-0.4, -0.2) is 29.1 Å². The van der Waals surface area contributed by atoms with Crippen molar-refractivity contribution in [2.75, 3.05) is 18.0 Å². The molecule has 1 atom stereocenters. The number of carbonyl (C=O) groups is 1. The van der Waals surface area contributed by atoms with Gasteiger partial charge in [-0.1, -0.05) is 23.7 Å². The van der Waals surface area contributed by atoms with Crippen LogP contribution in [0.1, 0.15) is 23.7 Å². The largest absolute Gasteiger partial charge is 0.340 e. The number of hydrogen-bond acceptors (Lipinski definition) is 3. The Kier molecular flexibility index (Phi) is 3.64. The zero-order valence-electron chi connectivity index (χ0n) is 12.9. The Balaban J connectivity index is 1.78. The van der Waals surface area contributed by atoms with E-state index in [0.29, 0.717) is 10.6 Å². The Morgan fingerprint density at radius 2 is 1.75 bits per heavy atom. The van der Waals surface area contributed by atoms with Crippen LogP contribution in [0.2, 0.25) is 5.02 Å². The topological polar surface area (TPSA) is 50.6 Å². The quantitative estimate of drug-likeness (QED) is 0.837. The first-order valence-corrected chi connectivity index (χ1v) is 8.20. The SMILES string of the molecule is N#Cc1ccc(C2N(c3ccc(Cl)cc3)C(=O)N3CCCN23)cc1. The maximum Gasteiger partial charge on any atom is 0.340 e. The normalized spacial score (nSPS) is 20.3. The Morgan fingerprint density at radius 1 is 1.04 bits per heavy atom. The van der Waals surface area contributed by atoms with Crippen LogP contribution in [0.25, 0.3) is 0 Å². The number of fused-ring (bicyclic) bond motifs is 1. The zero-order valence-corrected chi connectivity index (χ0v) is 13.6. The van der Waals surface area contributed by atoms with Gasteiger partial charge in [0.15, 0.2) is 0 Å². The van der Waals surface area contributed by atoms with Crippen LogP contribution in [0.5, 0.6) is 0 Å². The Morgan fingerprint density at radius 3 is 2.42 bits per heavy atom. The van der Waals surface area contributed by atoms with Crippen molar-refractivity contribution in [2.24, 2.45) is 0 Å². The van der Waals surface area contributed by atoms with Gasteiger partial charge in [0.25, 0.3) is 0 Å². The molecule has 2 amide bonds. The molecule has 0 N–H and O–H groups in total. The smallest absolute Gasteiger partial charge is 0.271 e. The van der Waals surface area contributed by atoms with Gasteiger partial charge in [-0.2, -0.15) is 10.3 Å². The second-order valence-corrected chi connectivity index (χ2v) is 6.31. The van der Waals surface area contributed by atoms with E-state index in [2.05, 4.69) is 11.1 Å².